The van der Waals surface area contributed by atoms with E-state index in [2.05, 4.69) is 12.2 Å². The molecule has 0 aromatic heterocycles. The number of benzene rings is 1. The van der Waals surface area contributed by atoms with Gasteiger partial charge in [0.25, 0.3) is 0 Å². The number of fused-ring (bicyclic) bond motifs is 2. The summed E-state index contributed by atoms with van der Waals surface area (Å²) in [7, 11) is 1.64. The van der Waals surface area contributed by atoms with E-state index in [9.17, 15) is 4.79 Å². The molecule has 2 fully saturated rings. The number of amides is 1. The Hall–Kier alpha value is -1.97. The minimum Gasteiger partial charge on any atom is -0.493 e. The molecular formula is C18H21NO3. The Morgan fingerprint density at radius 2 is 1.91 bits per heavy atom. The predicted octanol–water partition coefficient (Wildman–Crippen LogP) is 2.50. The molecule has 4 nitrogen and oxygen atoms in total. The van der Waals surface area contributed by atoms with Crippen molar-refractivity contribution in [1.29, 1.82) is 0 Å². The topological polar surface area (TPSA) is 38.8 Å². The van der Waals surface area contributed by atoms with Gasteiger partial charge in [0.05, 0.1) is 20.2 Å². The van der Waals surface area contributed by atoms with Crippen molar-refractivity contribution in [3.63, 3.8) is 0 Å². The first kappa shape index (κ1) is 13.7. The Morgan fingerprint density at radius 3 is 2.55 bits per heavy atom. The largest absolute Gasteiger partial charge is 0.493 e. The van der Waals surface area contributed by atoms with Gasteiger partial charge in [0, 0.05) is 5.92 Å². The van der Waals surface area contributed by atoms with Gasteiger partial charge in [-0.1, -0.05) is 24.3 Å². The Morgan fingerprint density at radius 1 is 1.14 bits per heavy atom. The first-order valence-electron chi connectivity index (χ1n) is 8.01. The van der Waals surface area contributed by atoms with Gasteiger partial charge in [-0.05, 0) is 36.8 Å². The van der Waals surface area contributed by atoms with Crippen LogP contribution in [0.4, 0.5) is 0 Å². The van der Waals surface area contributed by atoms with Gasteiger partial charge < -0.3 is 14.4 Å². The van der Waals surface area contributed by atoms with E-state index < -0.39 is 0 Å². The van der Waals surface area contributed by atoms with Gasteiger partial charge in [-0.3, -0.25) is 4.79 Å². The van der Waals surface area contributed by atoms with Crippen LogP contribution < -0.4 is 9.47 Å². The number of carbonyl (C=O) groups is 1. The second-order valence-corrected chi connectivity index (χ2v) is 6.52. The maximum atomic E-state index is 12.6. The Balaban J connectivity index is 1.32. The first-order valence-corrected chi connectivity index (χ1v) is 8.01. The van der Waals surface area contributed by atoms with Gasteiger partial charge in [0.15, 0.2) is 11.5 Å². The van der Waals surface area contributed by atoms with Gasteiger partial charge >= 0.3 is 0 Å². The van der Waals surface area contributed by atoms with Gasteiger partial charge in [-0.2, -0.15) is 0 Å². The summed E-state index contributed by atoms with van der Waals surface area (Å²) in [5, 5.41) is 0. The minimum atomic E-state index is 0.0781. The number of likely N-dealkylation sites (tertiary alicyclic amines) is 1. The molecule has 4 rings (SSSR count). The van der Waals surface area contributed by atoms with Crippen LogP contribution in [0.3, 0.4) is 0 Å². The molecule has 1 aliphatic heterocycles. The molecule has 1 amide bonds. The van der Waals surface area contributed by atoms with E-state index in [1.165, 1.54) is 6.42 Å². The van der Waals surface area contributed by atoms with Gasteiger partial charge in [0.1, 0.15) is 6.10 Å². The highest BCUT2D eigenvalue weighted by Crippen LogP contribution is 2.44. The summed E-state index contributed by atoms with van der Waals surface area (Å²) in [5.41, 5.74) is 0. The predicted molar refractivity (Wildman–Crippen MR) is 82.8 cm³/mol. The number of ether oxygens (including phenoxy) is 2. The van der Waals surface area contributed by atoms with Crippen LogP contribution in [0.2, 0.25) is 0 Å². The van der Waals surface area contributed by atoms with Gasteiger partial charge in [0.2, 0.25) is 5.91 Å². The van der Waals surface area contributed by atoms with Crippen LogP contribution in [0.15, 0.2) is 36.4 Å². The summed E-state index contributed by atoms with van der Waals surface area (Å²) >= 11 is 0. The van der Waals surface area contributed by atoms with Crippen molar-refractivity contribution in [2.75, 3.05) is 20.2 Å². The van der Waals surface area contributed by atoms with Crippen molar-refractivity contribution in [2.45, 2.75) is 18.9 Å². The third-order valence-electron chi connectivity index (χ3n) is 5.12. The van der Waals surface area contributed by atoms with Crippen LogP contribution in [0.5, 0.6) is 11.5 Å². The summed E-state index contributed by atoms with van der Waals surface area (Å²) in [5.74, 6) is 3.14. The number of nitrogens with zero attached hydrogens (tertiary/aromatic N) is 1. The van der Waals surface area contributed by atoms with E-state index in [1.54, 1.807) is 7.11 Å². The van der Waals surface area contributed by atoms with Crippen molar-refractivity contribution < 1.29 is 14.3 Å². The molecule has 1 saturated carbocycles. The second-order valence-electron chi connectivity index (χ2n) is 6.52. The summed E-state index contributed by atoms with van der Waals surface area (Å²) in [6.45, 7) is 1.38. The number of carbonyl (C=O) groups excluding carboxylic acids is 1. The molecule has 3 atom stereocenters. The normalized spacial score (nSPS) is 29.5. The van der Waals surface area contributed by atoms with Crippen molar-refractivity contribution >= 4 is 5.91 Å². The van der Waals surface area contributed by atoms with E-state index in [-0.39, 0.29) is 12.0 Å². The second kappa shape index (κ2) is 5.34. The van der Waals surface area contributed by atoms with Gasteiger partial charge in [-0.15, -0.1) is 0 Å². The molecule has 0 unspecified atom stereocenters. The fourth-order valence-corrected chi connectivity index (χ4v) is 3.89. The zero-order valence-electron chi connectivity index (χ0n) is 12.8. The summed E-state index contributed by atoms with van der Waals surface area (Å²) in [6.07, 6.45) is 6.80. The molecule has 116 valence electrons. The summed E-state index contributed by atoms with van der Waals surface area (Å²) in [6, 6.07) is 7.65. The number of hydrogen-bond donors (Lipinski definition) is 0. The molecule has 0 spiro atoms. The molecule has 4 heteroatoms. The van der Waals surface area contributed by atoms with Crippen LogP contribution in [0, 0.1) is 17.8 Å². The third-order valence-corrected chi connectivity index (χ3v) is 5.12. The smallest absolute Gasteiger partial charge is 0.226 e. The standard InChI is InChI=1S/C18H21NO3/c1-21-16-4-2-3-5-17(16)22-14-10-19(11-14)18(20)15-9-12-6-7-13(15)8-12/h2-7,12-15H,8-11H2,1H3/t12-,13+,15-/m1/s1. The third kappa shape index (κ3) is 2.27. The minimum absolute atomic E-state index is 0.0781. The van der Waals surface area contributed by atoms with Crippen molar-refractivity contribution in [3.8, 4) is 11.5 Å². The van der Waals surface area contributed by atoms with Crippen LogP contribution in [-0.4, -0.2) is 37.1 Å². The molecular weight excluding hydrogens is 278 g/mol. The highest BCUT2D eigenvalue weighted by molar-refractivity contribution is 5.81. The molecule has 3 aliphatic rings. The maximum absolute atomic E-state index is 12.6. The molecule has 1 aromatic carbocycles. The molecule has 0 N–H and O–H groups in total. The van der Waals surface area contributed by atoms with E-state index in [0.717, 1.165) is 17.9 Å². The fraction of sp³-hybridized carbons (Fsp3) is 0.500. The molecule has 2 bridgehead atoms. The average Bonchev–Trinajstić information content (AvgIpc) is 3.13. The van der Waals surface area contributed by atoms with Crippen LogP contribution in [0.25, 0.3) is 0 Å². The molecule has 2 aliphatic carbocycles. The lowest BCUT2D eigenvalue weighted by molar-refractivity contribution is -0.145. The maximum Gasteiger partial charge on any atom is 0.226 e. The Kier molecular flexibility index (Phi) is 3.32. The van der Waals surface area contributed by atoms with Crippen LogP contribution in [0.1, 0.15) is 12.8 Å². The zero-order valence-corrected chi connectivity index (χ0v) is 12.8. The van der Waals surface area contributed by atoms with E-state index in [1.807, 2.05) is 29.2 Å². The number of methoxy groups -OCH3 is 1. The summed E-state index contributed by atoms with van der Waals surface area (Å²) < 4.78 is 11.2. The molecule has 0 radical (unpaired) electrons. The highest BCUT2D eigenvalue weighted by atomic mass is 16.5. The van der Waals surface area contributed by atoms with Crippen molar-refractivity contribution in [1.82, 2.24) is 4.90 Å². The monoisotopic (exact) mass is 299 g/mol. The summed E-state index contributed by atoms with van der Waals surface area (Å²) in [4.78, 5) is 14.5. The van der Waals surface area contributed by atoms with E-state index in [4.69, 9.17) is 9.47 Å². The van der Waals surface area contributed by atoms with Crippen LogP contribution in [-0.2, 0) is 4.79 Å². The fourth-order valence-electron chi connectivity index (χ4n) is 3.89. The zero-order chi connectivity index (χ0) is 15.1. The lowest BCUT2D eigenvalue weighted by Gasteiger charge is -2.41. The first-order chi connectivity index (χ1) is 10.7. The average molecular weight is 299 g/mol. The number of hydrogen-bond acceptors (Lipinski definition) is 3. The number of rotatable bonds is 4. The molecule has 1 saturated heterocycles. The SMILES string of the molecule is COc1ccccc1OC1CN(C(=O)[C@@H]2C[C@@H]3C=C[C@H]2C3)C1. The Bertz CT molecular complexity index is 606. The molecule has 22 heavy (non-hydrogen) atoms. The quantitative estimate of drug-likeness (QED) is 0.802. The van der Waals surface area contributed by atoms with Crippen LogP contribution >= 0.6 is 0 Å². The number of para-hydroxylation sites is 2. The lowest BCUT2D eigenvalue weighted by Crippen LogP contribution is -2.58. The van der Waals surface area contributed by atoms with Gasteiger partial charge in [-0.25, -0.2) is 0 Å². The molecule has 1 aromatic rings. The van der Waals surface area contributed by atoms with Crippen molar-refractivity contribution in [2.24, 2.45) is 17.8 Å². The lowest BCUT2D eigenvalue weighted by atomic mass is 9.91. The van der Waals surface area contributed by atoms with E-state index in [0.29, 0.717) is 30.8 Å². The van der Waals surface area contributed by atoms with Crippen molar-refractivity contribution in [3.05, 3.63) is 36.4 Å². The molecule has 1 heterocycles. The Labute approximate surface area is 130 Å². The number of allylic oxidation sites excluding steroid dienone is 2. The van der Waals surface area contributed by atoms with E-state index >= 15 is 0 Å². The highest BCUT2D eigenvalue weighted by Gasteiger charge is 2.44.